The number of hydrogen-bond acceptors (Lipinski definition) is 3. The average Bonchev–Trinajstić information content (AvgIpc) is 3.07. The van der Waals surface area contributed by atoms with Crippen molar-refractivity contribution in [3.05, 3.63) is 65.2 Å². The molecule has 144 valence electrons. The number of nitrogens with one attached hydrogen (secondary N) is 1. The molecular weight excluding hydrogens is 379 g/mol. The van der Waals surface area contributed by atoms with Crippen LogP contribution in [0.4, 0.5) is 15.9 Å². The molecule has 4 rings (SSSR count). The minimum absolute atomic E-state index is 0.116. The van der Waals surface area contributed by atoms with Gasteiger partial charge in [0.15, 0.2) is 0 Å². The Labute approximate surface area is 167 Å². The molecule has 2 aromatic carbocycles. The van der Waals surface area contributed by atoms with Crippen LogP contribution < -0.4 is 5.32 Å². The molecule has 1 N–H and O–H groups in total. The number of carbonyl (C=O) groups is 1. The Morgan fingerprint density at radius 2 is 1.86 bits per heavy atom. The van der Waals surface area contributed by atoms with Gasteiger partial charge in [0.2, 0.25) is 5.91 Å². The summed E-state index contributed by atoms with van der Waals surface area (Å²) in [5.74, 6) is 1.46. The number of benzene rings is 2. The highest BCUT2D eigenvalue weighted by Crippen LogP contribution is 2.33. The second-order valence-corrected chi connectivity index (χ2v) is 7.12. The maximum atomic E-state index is 13.4. The van der Waals surface area contributed by atoms with Crippen LogP contribution >= 0.6 is 11.6 Å². The summed E-state index contributed by atoms with van der Waals surface area (Å²) in [4.78, 5) is 18.7. The Hall–Kier alpha value is -2.86. The zero-order valence-corrected chi connectivity index (χ0v) is 16.2. The lowest BCUT2D eigenvalue weighted by molar-refractivity contribution is -0.132. The average molecular weight is 399 g/mol. The van der Waals surface area contributed by atoms with E-state index in [1.807, 2.05) is 36.1 Å². The van der Waals surface area contributed by atoms with Gasteiger partial charge < -0.3 is 14.8 Å². The molecule has 0 fully saturated rings. The number of carbonyl (C=O) groups excluding carboxylic acids is 1. The molecule has 0 bridgehead atoms. The maximum Gasteiger partial charge on any atom is 0.222 e. The number of halogens is 2. The van der Waals surface area contributed by atoms with E-state index >= 15 is 0 Å². The normalized spacial score (nSPS) is 13.3. The van der Waals surface area contributed by atoms with Crippen LogP contribution in [0.25, 0.3) is 11.3 Å². The molecule has 5 nitrogen and oxygen atoms in total. The molecular formula is C21H20ClFN4O. The molecule has 0 saturated carbocycles. The number of amides is 1. The van der Waals surface area contributed by atoms with E-state index in [2.05, 4.69) is 9.88 Å². The zero-order valence-electron chi connectivity index (χ0n) is 15.5. The van der Waals surface area contributed by atoms with Crippen molar-refractivity contribution in [2.75, 3.05) is 11.9 Å². The third-order valence-electron chi connectivity index (χ3n) is 4.85. The maximum absolute atomic E-state index is 13.4. The van der Waals surface area contributed by atoms with Gasteiger partial charge >= 0.3 is 0 Å². The van der Waals surface area contributed by atoms with Gasteiger partial charge in [0.05, 0.1) is 6.54 Å². The Bertz CT molecular complexity index is 998. The molecule has 7 heteroatoms. The van der Waals surface area contributed by atoms with Crippen molar-refractivity contribution >= 4 is 29.0 Å². The van der Waals surface area contributed by atoms with E-state index in [0.717, 1.165) is 28.6 Å². The predicted octanol–water partition coefficient (Wildman–Crippen LogP) is 4.84. The van der Waals surface area contributed by atoms with Crippen LogP contribution in [0, 0.1) is 5.82 Å². The Kier molecular flexibility index (Phi) is 5.05. The van der Waals surface area contributed by atoms with Gasteiger partial charge in [-0.25, -0.2) is 9.37 Å². The monoisotopic (exact) mass is 398 g/mol. The van der Waals surface area contributed by atoms with Gasteiger partial charge in [-0.15, -0.1) is 0 Å². The summed E-state index contributed by atoms with van der Waals surface area (Å²) >= 11 is 5.99. The lowest BCUT2D eigenvalue weighted by Gasteiger charge is -2.28. The van der Waals surface area contributed by atoms with Gasteiger partial charge in [0.25, 0.3) is 0 Å². The van der Waals surface area contributed by atoms with Crippen LogP contribution in [0.15, 0.2) is 48.5 Å². The molecule has 0 spiro atoms. The molecule has 2 heterocycles. The topological polar surface area (TPSA) is 50.2 Å². The van der Waals surface area contributed by atoms with Gasteiger partial charge in [-0.05, 0) is 48.5 Å². The molecule has 28 heavy (non-hydrogen) atoms. The van der Waals surface area contributed by atoms with Crippen molar-refractivity contribution in [2.45, 2.75) is 26.4 Å². The molecule has 0 atom stereocenters. The van der Waals surface area contributed by atoms with E-state index in [-0.39, 0.29) is 11.7 Å². The van der Waals surface area contributed by atoms with Gasteiger partial charge in [0, 0.05) is 35.8 Å². The molecule has 1 aromatic heterocycles. The number of anilines is 2. The fourth-order valence-electron chi connectivity index (χ4n) is 3.37. The first kappa shape index (κ1) is 18.5. The van der Waals surface area contributed by atoms with Crippen molar-refractivity contribution in [1.29, 1.82) is 0 Å². The lowest BCUT2D eigenvalue weighted by Crippen LogP contribution is -2.38. The van der Waals surface area contributed by atoms with Crippen LogP contribution in [-0.2, 0) is 17.9 Å². The SMILES string of the molecule is CCC(=O)N1CCn2c(nc(-c3ccc(F)cc3)c2Nc2ccc(Cl)cc2)C1. The van der Waals surface area contributed by atoms with Gasteiger partial charge in [-0.1, -0.05) is 18.5 Å². The molecule has 1 aliphatic rings. The van der Waals surface area contributed by atoms with Crippen LogP contribution in [0.5, 0.6) is 0 Å². The van der Waals surface area contributed by atoms with Crippen LogP contribution in [-0.4, -0.2) is 26.9 Å². The van der Waals surface area contributed by atoms with Crippen molar-refractivity contribution < 1.29 is 9.18 Å². The predicted molar refractivity (Wildman–Crippen MR) is 108 cm³/mol. The fraction of sp³-hybridized carbons (Fsp3) is 0.238. The zero-order chi connectivity index (χ0) is 19.7. The second-order valence-electron chi connectivity index (χ2n) is 6.68. The summed E-state index contributed by atoms with van der Waals surface area (Å²) in [6.45, 7) is 3.60. The highest BCUT2D eigenvalue weighted by Gasteiger charge is 2.26. The van der Waals surface area contributed by atoms with Crippen LogP contribution in [0.1, 0.15) is 19.2 Å². The summed E-state index contributed by atoms with van der Waals surface area (Å²) in [5, 5.41) is 4.08. The quantitative estimate of drug-likeness (QED) is 0.684. The van der Waals surface area contributed by atoms with Crippen molar-refractivity contribution in [3.8, 4) is 11.3 Å². The Morgan fingerprint density at radius 1 is 1.14 bits per heavy atom. The molecule has 0 saturated heterocycles. The highest BCUT2D eigenvalue weighted by molar-refractivity contribution is 6.30. The van der Waals surface area contributed by atoms with Gasteiger partial charge in [0.1, 0.15) is 23.2 Å². The summed E-state index contributed by atoms with van der Waals surface area (Å²) in [6, 6.07) is 13.7. The van der Waals surface area contributed by atoms with Gasteiger partial charge in [-0.2, -0.15) is 0 Å². The third-order valence-corrected chi connectivity index (χ3v) is 5.10. The fourth-order valence-corrected chi connectivity index (χ4v) is 3.50. The largest absolute Gasteiger partial charge is 0.340 e. The summed E-state index contributed by atoms with van der Waals surface area (Å²) in [5.41, 5.74) is 2.42. The molecule has 0 aliphatic carbocycles. The molecule has 1 aliphatic heterocycles. The van der Waals surface area contributed by atoms with Crippen LogP contribution in [0.3, 0.4) is 0 Å². The Morgan fingerprint density at radius 3 is 2.54 bits per heavy atom. The first-order valence-corrected chi connectivity index (χ1v) is 9.58. The first-order valence-electron chi connectivity index (χ1n) is 9.21. The van der Waals surface area contributed by atoms with Crippen molar-refractivity contribution in [2.24, 2.45) is 0 Å². The highest BCUT2D eigenvalue weighted by atomic mass is 35.5. The number of nitrogens with zero attached hydrogens (tertiary/aromatic N) is 3. The van der Waals surface area contributed by atoms with E-state index in [0.29, 0.717) is 31.1 Å². The summed E-state index contributed by atoms with van der Waals surface area (Å²) in [7, 11) is 0. The van der Waals surface area contributed by atoms with E-state index in [4.69, 9.17) is 16.6 Å². The Balaban J connectivity index is 1.76. The van der Waals surface area contributed by atoms with E-state index in [9.17, 15) is 9.18 Å². The second kappa shape index (κ2) is 7.64. The number of aromatic nitrogens is 2. The number of fused-ring (bicyclic) bond motifs is 1. The van der Waals surface area contributed by atoms with Gasteiger partial charge in [-0.3, -0.25) is 4.79 Å². The third kappa shape index (κ3) is 3.60. The summed E-state index contributed by atoms with van der Waals surface area (Å²) in [6.07, 6.45) is 0.474. The number of rotatable bonds is 4. The first-order chi connectivity index (χ1) is 13.5. The standard InChI is InChI=1S/C21H20ClFN4O/c1-2-19(28)26-11-12-27-18(13-26)25-20(14-3-7-16(23)8-4-14)21(27)24-17-9-5-15(22)6-10-17/h3-10,24H,2,11-13H2,1H3. The molecule has 3 aromatic rings. The van der Waals surface area contributed by atoms with E-state index in [1.165, 1.54) is 12.1 Å². The van der Waals surface area contributed by atoms with Crippen LogP contribution in [0.2, 0.25) is 5.02 Å². The summed E-state index contributed by atoms with van der Waals surface area (Å²) < 4.78 is 15.5. The van der Waals surface area contributed by atoms with Crippen molar-refractivity contribution in [3.63, 3.8) is 0 Å². The van der Waals surface area contributed by atoms with Crippen molar-refractivity contribution in [1.82, 2.24) is 14.5 Å². The lowest BCUT2D eigenvalue weighted by atomic mass is 10.1. The number of hydrogen-bond donors (Lipinski definition) is 1. The number of imidazole rings is 1. The molecule has 0 unspecified atom stereocenters. The minimum atomic E-state index is -0.292. The molecule has 1 amide bonds. The molecule has 0 radical (unpaired) electrons. The van der Waals surface area contributed by atoms with E-state index < -0.39 is 0 Å². The minimum Gasteiger partial charge on any atom is -0.340 e. The van der Waals surface area contributed by atoms with E-state index in [1.54, 1.807) is 12.1 Å². The smallest absolute Gasteiger partial charge is 0.222 e.